The first kappa shape index (κ1) is 18.9. The molecule has 144 valence electrons. The van der Waals surface area contributed by atoms with Crippen LogP contribution in [0.4, 0.5) is 11.8 Å². The largest absolute Gasteiger partial charge is 0.363 e. The molecule has 1 aromatic heterocycles. The molecule has 2 aliphatic rings. The average Bonchev–Trinajstić information content (AvgIpc) is 2.63. The Labute approximate surface area is 157 Å². The number of carbonyl (C=O) groups is 1. The van der Waals surface area contributed by atoms with Gasteiger partial charge in [-0.2, -0.15) is 4.98 Å². The standard InChI is InChI=1S/C20H33N5O/c1-14-7-5-6-8-17(14)22-19(26)16-9-11-25(12-10-16)20-21-15(2)13-18(23-20)24(3)4/h13-14,16-17H,5-12H2,1-4H3,(H,22,26)/t14-,17+/m1/s1. The molecular formula is C20H33N5O. The number of aromatic nitrogens is 2. The highest BCUT2D eigenvalue weighted by molar-refractivity contribution is 5.79. The number of nitrogens with zero attached hydrogens (tertiary/aromatic N) is 4. The van der Waals surface area contributed by atoms with Crippen LogP contribution in [-0.2, 0) is 4.79 Å². The van der Waals surface area contributed by atoms with Crippen molar-refractivity contribution in [2.24, 2.45) is 11.8 Å². The number of amides is 1. The summed E-state index contributed by atoms with van der Waals surface area (Å²) in [6, 6.07) is 2.37. The lowest BCUT2D eigenvalue weighted by Crippen LogP contribution is -2.47. The maximum atomic E-state index is 12.7. The van der Waals surface area contributed by atoms with Crippen molar-refractivity contribution in [3.63, 3.8) is 0 Å². The minimum Gasteiger partial charge on any atom is -0.363 e. The molecule has 0 radical (unpaired) electrons. The lowest BCUT2D eigenvalue weighted by Gasteiger charge is -2.34. The number of aryl methyl sites for hydroxylation is 1. The van der Waals surface area contributed by atoms with Crippen molar-refractivity contribution in [2.45, 2.75) is 58.4 Å². The number of nitrogens with one attached hydrogen (secondary N) is 1. The molecule has 1 N–H and O–H groups in total. The van der Waals surface area contributed by atoms with Gasteiger partial charge in [-0.05, 0) is 38.5 Å². The maximum absolute atomic E-state index is 12.7. The van der Waals surface area contributed by atoms with Gasteiger partial charge in [-0.25, -0.2) is 4.98 Å². The van der Waals surface area contributed by atoms with Crippen LogP contribution >= 0.6 is 0 Å². The van der Waals surface area contributed by atoms with E-state index in [0.29, 0.717) is 12.0 Å². The second-order valence-electron chi connectivity index (χ2n) is 8.20. The summed E-state index contributed by atoms with van der Waals surface area (Å²) in [4.78, 5) is 26.2. The Bertz CT molecular complexity index is 625. The minimum absolute atomic E-state index is 0.124. The Hall–Kier alpha value is -1.85. The first-order chi connectivity index (χ1) is 12.4. The van der Waals surface area contributed by atoms with Crippen LogP contribution in [0.2, 0.25) is 0 Å². The van der Waals surface area contributed by atoms with E-state index in [0.717, 1.165) is 49.8 Å². The molecule has 1 amide bonds. The molecular weight excluding hydrogens is 326 g/mol. The monoisotopic (exact) mass is 359 g/mol. The van der Waals surface area contributed by atoms with Gasteiger partial charge < -0.3 is 15.1 Å². The molecule has 0 aromatic carbocycles. The molecule has 3 rings (SSSR count). The van der Waals surface area contributed by atoms with Crippen LogP contribution in [-0.4, -0.2) is 49.1 Å². The van der Waals surface area contributed by atoms with Gasteiger partial charge in [-0.3, -0.25) is 4.79 Å². The summed E-state index contributed by atoms with van der Waals surface area (Å²) >= 11 is 0. The SMILES string of the molecule is Cc1cc(N(C)C)nc(N2CCC(C(=O)N[C@H]3CCCC[C@H]3C)CC2)n1. The Kier molecular flexibility index (Phi) is 5.99. The van der Waals surface area contributed by atoms with E-state index in [2.05, 4.69) is 27.1 Å². The van der Waals surface area contributed by atoms with Crippen LogP contribution in [0.5, 0.6) is 0 Å². The molecule has 0 spiro atoms. The molecule has 0 bridgehead atoms. The third kappa shape index (κ3) is 4.46. The van der Waals surface area contributed by atoms with Crippen molar-refractivity contribution in [1.29, 1.82) is 0 Å². The molecule has 1 saturated heterocycles. The van der Waals surface area contributed by atoms with Gasteiger partial charge in [0.15, 0.2) is 0 Å². The molecule has 2 fully saturated rings. The highest BCUT2D eigenvalue weighted by Gasteiger charge is 2.30. The van der Waals surface area contributed by atoms with Crippen LogP contribution in [0.1, 0.15) is 51.1 Å². The predicted octanol–water partition coefficient (Wildman–Crippen LogP) is 2.76. The second kappa shape index (κ2) is 8.23. The van der Waals surface area contributed by atoms with Crippen molar-refractivity contribution in [1.82, 2.24) is 15.3 Å². The summed E-state index contributed by atoms with van der Waals surface area (Å²) in [5.74, 6) is 2.70. The zero-order valence-electron chi connectivity index (χ0n) is 16.7. The first-order valence-corrected chi connectivity index (χ1v) is 10.0. The molecule has 0 unspecified atom stereocenters. The zero-order chi connectivity index (χ0) is 18.7. The molecule has 2 heterocycles. The van der Waals surface area contributed by atoms with E-state index in [-0.39, 0.29) is 11.8 Å². The fourth-order valence-corrected chi connectivity index (χ4v) is 4.08. The Morgan fingerprint density at radius 2 is 1.85 bits per heavy atom. The zero-order valence-corrected chi connectivity index (χ0v) is 16.7. The van der Waals surface area contributed by atoms with E-state index >= 15 is 0 Å². The highest BCUT2D eigenvalue weighted by atomic mass is 16.2. The summed E-state index contributed by atoms with van der Waals surface area (Å²) in [6.45, 7) is 5.96. The van der Waals surface area contributed by atoms with Gasteiger partial charge in [0.05, 0.1) is 0 Å². The molecule has 1 aliphatic carbocycles. The third-order valence-corrected chi connectivity index (χ3v) is 5.87. The number of hydrogen-bond acceptors (Lipinski definition) is 5. The molecule has 1 saturated carbocycles. The Morgan fingerprint density at radius 1 is 1.15 bits per heavy atom. The van der Waals surface area contributed by atoms with E-state index in [1.165, 1.54) is 19.3 Å². The lowest BCUT2D eigenvalue weighted by atomic mass is 9.85. The van der Waals surface area contributed by atoms with Gasteiger partial charge >= 0.3 is 0 Å². The molecule has 2 atom stereocenters. The topological polar surface area (TPSA) is 61.4 Å². The third-order valence-electron chi connectivity index (χ3n) is 5.87. The molecule has 26 heavy (non-hydrogen) atoms. The fourth-order valence-electron chi connectivity index (χ4n) is 4.08. The molecule has 6 nitrogen and oxygen atoms in total. The number of anilines is 2. The van der Waals surface area contributed by atoms with Gasteiger partial charge in [0.1, 0.15) is 5.82 Å². The summed E-state index contributed by atoms with van der Waals surface area (Å²) in [5.41, 5.74) is 0.977. The highest BCUT2D eigenvalue weighted by Crippen LogP contribution is 2.26. The van der Waals surface area contributed by atoms with Gasteiger partial charge in [0, 0.05) is 50.9 Å². The average molecular weight is 360 g/mol. The number of hydrogen-bond donors (Lipinski definition) is 1. The maximum Gasteiger partial charge on any atom is 0.227 e. The predicted molar refractivity (Wildman–Crippen MR) is 106 cm³/mol. The van der Waals surface area contributed by atoms with E-state index in [1.807, 2.05) is 32.0 Å². The van der Waals surface area contributed by atoms with Gasteiger partial charge in [-0.15, -0.1) is 0 Å². The van der Waals surface area contributed by atoms with Gasteiger partial charge in [0.25, 0.3) is 0 Å². The molecule has 6 heteroatoms. The molecule has 1 aromatic rings. The van der Waals surface area contributed by atoms with Crippen LogP contribution in [0.15, 0.2) is 6.07 Å². The smallest absolute Gasteiger partial charge is 0.227 e. The van der Waals surface area contributed by atoms with E-state index in [1.54, 1.807) is 0 Å². The van der Waals surface area contributed by atoms with Crippen LogP contribution in [0.25, 0.3) is 0 Å². The minimum atomic E-state index is 0.124. The number of piperidine rings is 1. The van der Waals surface area contributed by atoms with E-state index in [9.17, 15) is 4.79 Å². The van der Waals surface area contributed by atoms with Gasteiger partial charge in [-0.1, -0.05) is 19.8 Å². The Balaban J connectivity index is 1.56. The van der Waals surface area contributed by atoms with Crippen molar-refractivity contribution < 1.29 is 4.79 Å². The van der Waals surface area contributed by atoms with Crippen LogP contribution in [0, 0.1) is 18.8 Å². The van der Waals surface area contributed by atoms with E-state index < -0.39 is 0 Å². The van der Waals surface area contributed by atoms with Crippen molar-refractivity contribution in [3.8, 4) is 0 Å². The normalized spacial score (nSPS) is 24.4. The number of carbonyl (C=O) groups excluding carboxylic acids is 1. The quantitative estimate of drug-likeness (QED) is 0.896. The van der Waals surface area contributed by atoms with Crippen molar-refractivity contribution >= 4 is 17.7 Å². The summed E-state index contributed by atoms with van der Waals surface area (Å²) in [7, 11) is 3.99. The van der Waals surface area contributed by atoms with Gasteiger partial charge in [0.2, 0.25) is 11.9 Å². The van der Waals surface area contributed by atoms with Crippen LogP contribution in [0.3, 0.4) is 0 Å². The van der Waals surface area contributed by atoms with Crippen molar-refractivity contribution in [3.05, 3.63) is 11.8 Å². The number of rotatable bonds is 4. The second-order valence-corrected chi connectivity index (χ2v) is 8.20. The van der Waals surface area contributed by atoms with Crippen molar-refractivity contribution in [2.75, 3.05) is 37.0 Å². The first-order valence-electron chi connectivity index (χ1n) is 10.0. The summed E-state index contributed by atoms with van der Waals surface area (Å²) < 4.78 is 0. The Morgan fingerprint density at radius 3 is 2.50 bits per heavy atom. The molecule has 1 aliphatic heterocycles. The summed E-state index contributed by atoms with van der Waals surface area (Å²) in [6.07, 6.45) is 6.67. The summed E-state index contributed by atoms with van der Waals surface area (Å²) in [5, 5.41) is 3.33. The fraction of sp³-hybridized carbons (Fsp3) is 0.750. The van der Waals surface area contributed by atoms with Crippen LogP contribution < -0.4 is 15.1 Å². The lowest BCUT2D eigenvalue weighted by molar-refractivity contribution is -0.126. The van der Waals surface area contributed by atoms with E-state index in [4.69, 9.17) is 0 Å².